The molecular weight excluding hydrogens is 367 g/mol. The van der Waals surface area contributed by atoms with E-state index in [2.05, 4.69) is 5.32 Å². The number of ether oxygens (including phenoxy) is 1. The van der Waals surface area contributed by atoms with E-state index in [1.54, 1.807) is 31.1 Å². The van der Waals surface area contributed by atoms with Crippen molar-refractivity contribution in [2.45, 2.75) is 19.8 Å². The van der Waals surface area contributed by atoms with E-state index in [0.29, 0.717) is 31.0 Å². The van der Waals surface area contributed by atoms with Gasteiger partial charge in [-0.2, -0.15) is 0 Å². The molecule has 0 saturated carbocycles. The van der Waals surface area contributed by atoms with Gasteiger partial charge in [-0.1, -0.05) is 54.6 Å². The summed E-state index contributed by atoms with van der Waals surface area (Å²) in [5, 5.41) is 2.84. The molecule has 3 aromatic carbocycles. The molecule has 0 heterocycles. The van der Waals surface area contributed by atoms with Gasteiger partial charge in [0.05, 0.1) is 18.9 Å². The molecule has 0 aliphatic carbocycles. The third-order valence-corrected chi connectivity index (χ3v) is 4.52. The monoisotopic (exact) mass is 392 g/mol. The predicted molar refractivity (Wildman–Crippen MR) is 113 cm³/mol. The minimum Gasteiger partial charge on any atom is -0.375 e. The van der Waals surface area contributed by atoms with Crippen LogP contribution in [0.15, 0.2) is 72.8 Å². The molecule has 4 nitrogen and oxygen atoms in total. The number of halogens is 1. The van der Waals surface area contributed by atoms with Gasteiger partial charge in [0.1, 0.15) is 5.82 Å². The third kappa shape index (κ3) is 5.90. The van der Waals surface area contributed by atoms with E-state index in [1.165, 1.54) is 6.07 Å². The zero-order chi connectivity index (χ0) is 20.6. The van der Waals surface area contributed by atoms with Gasteiger partial charge in [0.15, 0.2) is 0 Å². The zero-order valence-electron chi connectivity index (χ0n) is 16.7. The van der Waals surface area contributed by atoms with Crippen LogP contribution in [0.2, 0.25) is 0 Å². The second kappa shape index (κ2) is 9.85. The lowest BCUT2D eigenvalue weighted by atomic mass is 10.1. The number of benzene rings is 3. The van der Waals surface area contributed by atoms with Crippen LogP contribution in [0.1, 0.15) is 27.0 Å². The van der Waals surface area contributed by atoms with Crippen molar-refractivity contribution in [3.8, 4) is 0 Å². The quantitative estimate of drug-likeness (QED) is 0.612. The van der Waals surface area contributed by atoms with Crippen LogP contribution < -0.4 is 10.2 Å². The van der Waals surface area contributed by atoms with Crippen molar-refractivity contribution in [1.82, 2.24) is 5.32 Å². The summed E-state index contributed by atoms with van der Waals surface area (Å²) >= 11 is 0. The fraction of sp³-hybridized carbons (Fsp3) is 0.208. The van der Waals surface area contributed by atoms with Crippen LogP contribution >= 0.6 is 0 Å². The van der Waals surface area contributed by atoms with Crippen LogP contribution in [0.3, 0.4) is 0 Å². The Labute approximate surface area is 170 Å². The average molecular weight is 392 g/mol. The van der Waals surface area contributed by atoms with E-state index in [4.69, 9.17) is 4.74 Å². The minimum atomic E-state index is -0.416. The smallest absolute Gasteiger partial charge is 0.251 e. The first-order valence-electron chi connectivity index (χ1n) is 9.47. The van der Waals surface area contributed by atoms with E-state index in [9.17, 15) is 9.18 Å². The van der Waals surface area contributed by atoms with Crippen LogP contribution in [0.25, 0.3) is 0 Å². The van der Waals surface area contributed by atoms with Gasteiger partial charge in [0.25, 0.3) is 5.91 Å². The molecule has 0 saturated heterocycles. The van der Waals surface area contributed by atoms with E-state index in [1.807, 2.05) is 54.6 Å². The van der Waals surface area contributed by atoms with E-state index in [0.717, 1.165) is 16.7 Å². The molecule has 29 heavy (non-hydrogen) atoms. The van der Waals surface area contributed by atoms with Crippen LogP contribution in [-0.4, -0.2) is 20.0 Å². The first-order chi connectivity index (χ1) is 14.0. The van der Waals surface area contributed by atoms with Gasteiger partial charge in [0, 0.05) is 26.2 Å². The lowest BCUT2D eigenvalue weighted by molar-refractivity contribution is 0.0950. The maximum atomic E-state index is 14.1. The summed E-state index contributed by atoms with van der Waals surface area (Å²) < 4.78 is 19.8. The second-order valence-electron chi connectivity index (χ2n) is 7.04. The van der Waals surface area contributed by atoms with Gasteiger partial charge in [-0.05, 0) is 34.9 Å². The van der Waals surface area contributed by atoms with Gasteiger partial charge in [-0.3, -0.25) is 4.79 Å². The molecule has 0 spiro atoms. The lowest BCUT2D eigenvalue weighted by Crippen LogP contribution is -2.23. The molecule has 150 valence electrons. The molecular formula is C24H25FN2O2. The fourth-order valence-electron chi connectivity index (χ4n) is 2.99. The number of rotatable bonds is 8. The molecule has 0 fully saturated rings. The minimum absolute atomic E-state index is 0.301. The SMILES string of the molecule is CN(C)c1ccc(C(=O)NCc2cccc(COCc3ccccc3)c2)cc1F. The summed E-state index contributed by atoms with van der Waals surface area (Å²) in [6.07, 6.45) is 0. The molecule has 0 unspecified atom stereocenters. The molecule has 0 atom stereocenters. The summed E-state index contributed by atoms with van der Waals surface area (Å²) in [6.45, 7) is 1.41. The maximum Gasteiger partial charge on any atom is 0.251 e. The Morgan fingerprint density at radius 2 is 1.59 bits per heavy atom. The molecule has 0 aliphatic heterocycles. The highest BCUT2D eigenvalue weighted by atomic mass is 19.1. The van der Waals surface area contributed by atoms with Crippen molar-refractivity contribution in [2.75, 3.05) is 19.0 Å². The Kier molecular flexibility index (Phi) is 6.98. The fourth-order valence-corrected chi connectivity index (χ4v) is 2.99. The van der Waals surface area contributed by atoms with Gasteiger partial charge >= 0.3 is 0 Å². The van der Waals surface area contributed by atoms with Crippen molar-refractivity contribution in [1.29, 1.82) is 0 Å². The Balaban J connectivity index is 1.53. The van der Waals surface area contributed by atoms with E-state index in [-0.39, 0.29) is 5.91 Å². The van der Waals surface area contributed by atoms with Gasteiger partial charge in [0.2, 0.25) is 0 Å². The van der Waals surface area contributed by atoms with Crippen molar-refractivity contribution in [2.24, 2.45) is 0 Å². The van der Waals surface area contributed by atoms with Gasteiger partial charge in [-0.25, -0.2) is 4.39 Å². The highest BCUT2D eigenvalue weighted by Gasteiger charge is 2.11. The molecule has 1 amide bonds. The van der Waals surface area contributed by atoms with Crippen molar-refractivity contribution >= 4 is 11.6 Å². The molecule has 5 heteroatoms. The molecule has 0 aromatic heterocycles. The second-order valence-corrected chi connectivity index (χ2v) is 7.04. The first-order valence-corrected chi connectivity index (χ1v) is 9.47. The number of nitrogens with one attached hydrogen (secondary N) is 1. The Bertz CT molecular complexity index is 958. The average Bonchev–Trinajstić information content (AvgIpc) is 2.73. The molecule has 3 aromatic rings. The van der Waals surface area contributed by atoms with E-state index < -0.39 is 5.82 Å². The number of anilines is 1. The zero-order valence-corrected chi connectivity index (χ0v) is 16.7. The third-order valence-electron chi connectivity index (χ3n) is 4.52. The molecule has 1 N–H and O–H groups in total. The molecule has 0 aliphatic rings. The summed E-state index contributed by atoms with van der Waals surface area (Å²) in [5.41, 5.74) is 3.88. The Hall–Kier alpha value is -3.18. The maximum absolute atomic E-state index is 14.1. The van der Waals surface area contributed by atoms with Crippen molar-refractivity contribution in [3.63, 3.8) is 0 Å². The summed E-state index contributed by atoms with van der Waals surface area (Å²) in [6, 6.07) is 22.4. The highest BCUT2D eigenvalue weighted by Crippen LogP contribution is 2.18. The van der Waals surface area contributed by atoms with Crippen LogP contribution in [0.5, 0.6) is 0 Å². The number of amides is 1. The molecule has 0 radical (unpaired) electrons. The van der Waals surface area contributed by atoms with Crippen LogP contribution in [-0.2, 0) is 24.5 Å². The topological polar surface area (TPSA) is 41.6 Å². The van der Waals surface area contributed by atoms with Gasteiger partial charge < -0.3 is 15.0 Å². The van der Waals surface area contributed by atoms with Crippen molar-refractivity contribution < 1.29 is 13.9 Å². The Morgan fingerprint density at radius 1 is 0.897 bits per heavy atom. The number of carbonyl (C=O) groups excluding carboxylic acids is 1. The first kappa shape index (κ1) is 20.6. The summed E-state index contributed by atoms with van der Waals surface area (Å²) in [5.74, 6) is -0.722. The van der Waals surface area contributed by atoms with Crippen molar-refractivity contribution in [3.05, 3.63) is 101 Å². The van der Waals surface area contributed by atoms with Crippen LogP contribution in [0, 0.1) is 5.82 Å². The van der Waals surface area contributed by atoms with Gasteiger partial charge in [-0.15, -0.1) is 0 Å². The lowest BCUT2D eigenvalue weighted by Gasteiger charge is -2.14. The standard InChI is InChI=1S/C24H25FN2O2/c1-27(2)23-12-11-21(14-22(23)25)24(28)26-15-19-9-6-10-20(13-19)17-29-16-18-7-4-3-5-8-18/h3-14H,15-17H2,1-2H3,(H,26,28). The largest absolute Gasteiger partial charge is 0.375 e. The number of hydrogen-bond donors (Lipinski definition) is 1. The predicted octanol–water partition coefficient (Wildman–Crippen LogP) is 4.54. The summed E-state index contributed by atoms with van der Waals surface area (Å²) in [4.78, 5) is 14.0. The molecule has 0 bridgehead atoms. The molecule has 3 rings (SSSR count). The van der Waals surface area contributed by atoms with Crippen LogP contribution in [0.4, 0.5) is 10.1 Å². The normalized spacial score (nSPS) is 10.6. The number of hydrogen-bond acceptors (Lipinski definition) is 3. The summed E-state index contributed by atoms with van der Waals surface area (Å²) in [7, 11) is 3.52. The highest BCUT2D eigenvalue weighted by molar-refractivity contribution is 5.94. The number of nitrogens with zero attached hydrogens (tertiary/aromatic N) is 1. The van der Waals surface area contributed by atoms with E-state index >= 15 is 0 Å². The Morgan fingerprint density at radius 3 is 2.31 bits per heavy atom. The number of carbonyl (C=O) groups is 1.